The Bertz CT molecular complexity index is 1580. The van der Waals surface area contributed by atoms with E-state index in [0.717, 1.165) is 58.6 Å². The predicted octanol–water partition coefficient (Wildman–Crippen LogP) is 5.96. The molecule has 0 spiro atoms. The Balaban J connectivity index is 1.52. The first-order valence-electron chi connectivity index (χ1n) is 12.7. The average Bonchev–Trinajstić information content (AvgIpc) is 3.20. The van der Waals surface area contributed by atoms with E-state index in [1.807, 2.05) is 44.2 Å². The summed E-state index contributed by atoms with van der Waals surface area (Å²) in [5.74, 6) is 0.406. The van der Waals surface area contributed by atoms with Crippen LogP contribution >= 0.6 is 15.9 Å². The van der Waals surface area contributed by atoms with Crippen LogP contribution < -0.4 is 10.3 Å². The Hall–Kier alpha value is -3.72. The fraction of sp³-hybridized carbons (Fsp3) is 0.310. The Morgan fingerprint density at radius 3 is 2.58 bits per heavy atom. The van der Waals surface area contributed by atoms with E-state index in [0.29, 0.717) is 16.7 Å². The number of carboxylic acids is 1. The zero-order valence-corrected chi connectivity index (χ0v) is 22.9. The lowest BCUT2D eigenvalue weighted by atomic mass is 9.88. The fourth-order valence-corrected chi connectivity index (χ4v) is 5.54. The topological polar surface area (TPSA) is 98.7 Å². The Labute approximate surface area is 228 Å². The highest BCUT2D eigenvalue weighted by Gasteiger charge is 2.22. The summed E-state index contributed by atoms with van der Waals surface area (Å²) in [6.45, 7) is 3.63. The van der Waals surface area contributed by atoms with Crippen LogP contribution in [0, 0.1) is 13.8 Å². The zero-order valence-electron chi connectivity index (χ0n) is 21.4. The molecule has 4 aromatic rings. The molecule has 0 unspecified atom stereocenters. The highest BCUT2D eigenvalue weighted by molar-refractivity contribution is 9.10. The van der Waals surface area contributed by atoms with E-state index >= 15 is 0 Å². The van der Waals surface area contributed by atoms with E-state index in [1.54, 1.807) is 24.4 Å². The number of hydrogen-bond acceptors (Lipinski definition) is 5. The molecule has 0 bridgehead atoms. The minimum absolute atomic E-state index is 0.168. The molecule has 1 fully saturated rings. The minimum Gasteiger partial charge on any atom is -0.482 e. The maximum absolute atomic E-state index is 13.6. The van der Waals surface area contributed by atoms with Crippen LogP contribution in [0.2, 0.25) is 0 Å². The number of fused-ring (bicyclic) bond motifs is 1. The summed E-state index contributed by atoms with van der Waals surface area (Å²) < 4.78 is 9.65. The van der Waals surface area contributed by atoms with Gasteiger partial charge in [-0.05, 0) is 75.2 Å². The lowest BCUT2D eigenvalue weighted by molar-refractivity contribution is -0.139. The van der Waals surface area contributed by atoms with Crippen molar-refractivity contribution in [1.82, 2.24) is 14.2 Å². The molecule has 0 atom stereocenters. The van der Waals surface area contributed by atoms with Crippen LogP contribution in [0.3, 0.4) is 0 Å². The maximum Gasteiger partial charge on any atom is 0.341 e. The molecule has 2 aromatic heterocycles. The van der Waals surface area contributed by atoms with Crippen LogP contribution in [-0.4, -0.2) is 38.1 Å². The molecule has 2 aromatic carbocycles. The third kappa shape index (κ3) is 5.29. The van der Waals surface area contributed by atoms with Gasteiger partial charge in [0.15, 0.2) is 6.61 Å². The van der Waals surface area contributed by atoms with Crippen molar-refractivity contribution in [3.8, 4) is 11.4 Å². The van der Waals surface area contributed by atoms with Gasteiger partial charge < -0.3 is 14.4 Å². The summed E-state index contributed by atoms with van der Waals surface area (Å²) >= 11 is 3.47. The average molecular weight is 577 g/mol. The van der Waals surface area contributed by atoms with Gasteiger partial charge in [0.2, 0.25) is 0 Å². The van der Waals surface area contributed by atoms with Crippen LogP contribution in [0.4, 0.5) is 0 Å². The van der Waals surface area contributed by atoms with E-state index in [-0.39, 0.29) is 18.1 Å². The van der Waals surface area contributed by atoms with Gasteiger partial charge in [-0.15, -0.1) is 0 Å². The Morgan fingerprint density at radius 2 is 1.87 bits per heavy atom. The van der Waals surface area contributed by atoms with E-state index in [9.17, 15) is 9.59 Å². The highest BCUT2D eigenvalue weighted by atomic mass is 79.9. The Morgan fingerprint density at radius 1 is 1.13 bits per heavy atom. The number of carboxylic acid groups (broad SMARTS) is 1. The minimum atomic E-state index is -1.02. The lowest BCUT2D eigenvalue weighted by Crippen LogP contribution is -2.25. The number of rotatable bonds is 7. The van der Waals surface area contributed by atoms with Gasteiger partial charge in [0.05, 0.1) is 17.1 Å². The monoisotopic (exact) mass is 576 g/mol. The van der Waals surface area contributed by atoms with E-state index in [1.165, 1.54) is 11.1 Å². The van der Waals surface area contributed by atoms with Gasteiger partial charge in [-0.25, -0.2) is 9.78 Å². The summed E-state index contributed by atoms with van der Waals surface area (Å²) in [6.07, 6.45) is 7.22. The number of aliphatic carboxylic acids is 1. The summed E-state index contributed by atoms with van der Waals surface area (Å²) in [7, 11) is 0. The maximum atomic E-state index is 13.6. The standard InChI is InChI=1S/C29H29BrN4O4/c1-18-14-21(19(2)33(18)23-9-11-24(12-10-23)38-17-27(35)36)16-31-34-28(20-6-4-3-5-7-20)32-26-13-8-22(30)15-25(26)29(34)37/h8-16,20H,3-7,17H2,1-2H3,(H,35,36). The molecule has 9 heteroatoms. The molecule has 0 radical (unpaired) electrons. The molecule has 196 valence electrons. The van der Waals surface area contributed by atoms with Crippen molar-refractivity contribution in [2.45, 2.75) is 51.9 Å². The summed E-state index contributed by atoms with van der Waals surface area (Å²) in [5.41, 5.74) is 4.31. The molecule has 1 aliphatic rings. The number of benzene rings is 2. The second-order valence-corrected chi connectivity index (χ2v) is 10.6. The number of nitrogens with zero attached hydrogens (tertiary/aromatic N) is 4. The first kappa shape index (κ1) is 25.9. The fourth-order valence-electron chi connectivity index (χ4n) is 5.17. The second-order valence-electron chi connectivity index (χ2n) is 9.67. The second kappa shape index (κ2) is 10.9. The van der Waals surface area contributed by atoms with Crippen LogP contribution in [0.5, 0.6) is 5.75 Å². The summed E-state index contributed by atoms with van der Waals surface area (Å²) in [5, 5.41) is 14.1. The van der Waals surface area contributed by atoms with Crippen molar-refractivity contribution in [3.63, 3.8) is 0 Å². The molecular formula is C29H29BrN4O4. The largest absolute Gasteiger partial charge is 0.482 e. The molecule has 38 heavy (non-hydrogen) atoms. The van der Waals surface area contributed by atoms with E-state index < -0.39 is 5.97 Å². The van der Waals surface area contributed by atoms with Crippen molar-refractivity contribution < 1.29 is 14.6 Å². The van der Waals surface area contributed by atoms with Gasteiger partial charge in [0.25, 0.3) is 5.56 Å². The van der Waals surface area contributed by atoms with Gasteiger partial charge in [0.1, 0.15) is 11.6 Å². The van der Waals surface area contributed by atoms with E-state index in [2.05, 4.69) is 20.5 Å². The first-order chi connectivity index (χ1) is 18.3. The van der Waals surface area contributed by atoms with Gasteiger partial charge >= 0.3 is 5.97 Å². The van der Waals surface area contributed by atoms with Gasteiger partial charge in [-0.1, -0.05) is 35.2 Å². The molecule has 1 aliphatic carbocycles. The van der Waals surface area contributed by atoms with Crippen molar-refractivity contribution in [1.29, 1.82) is 0 Å². The quantitative estimate of drug-likeness (QED) is 0.274. The summed E-state index contributed by atoms with van der Waals surface area (Å²) in [4.78, 5) is 29.3. The molecular weight excluding hydrogens is 548 g/mol. The van der Waals surface area contributed by atoms with Crippen LogP contribution in [0.25, 0.3) is 16.6 Å². The van der Waals surface area contributed by atoms with Gasteiger partial charge in [0, 0.05) is 33.0 Å². The summed E-state index contributed by atoms with van der Waals surface area (Å²) in [6, 6.07) is 14.9. The van der Waals surface area contributed by atoms with Crippen molar-refractivity contribution in [3.05, 3.63) is 86.1 Å². The first-order valence-corrected chi connectivity index (χ1v) is 13.5. The molecule has 1 N–H and O–H groups in total. The van der Waals surface area contributed by atoms with Crippen LogP contribution in [0.15, 0.2) is 62.9 Å². The molecule has 0 amide bonds. The van der Waals surface area contributed by atoms with Crippen LogP contribution in [0.1, 0.15) is 60.8 Å². The third-order valence-corrected chi connectivity index (χ3v) is 7.54. The number of halogens is 1. The highest BCUT2D eigenvalue weighted by Crippen LogP contribution is 2.32. The molecule has 1 saturated carbocycles. The Kier molecular flexibility index (Phi) is 7.46. The molecule has 8 nitrogen and oxygen atoms in total. The SMILES string of the molecule is Cc1cc(C=Nn2c(C3CCCCC3)nc3ccc(Br)cc3c2=O)c(C)n1-c1ccc(OCC(=O)O)cc1. The van der Waals surface area contributed by atoms with Gasteiger partial charge in [-0.2, -0.15) is 9.78 Å². The van der Waals surface area contributed by atoms with Gasteiger partial charge in [-0.3, -0.25) is 4.79 Å². The van der Waals surface area contributed by atoms with E-state index in [4.69, 9.17) is 19.9 Å². The molecule has 5 rings (SSSR count). The van der Waals surface area contributed by atoms with Crippen LogP contribution in [-0.2, 0) is 4.79 Å². The molecule has 0 aliphatic heterocycles. The smallest absolute Gasteiger partial charge is 0.341 e. The van der Waals surface area contributed by atoms with Crippen molar-refractivity contribution >= 4 is 39.0 Å². The van der Waals surface area contributed by atoms with Crippen molar-refractivity contribution in [2.24, 2.45) is 5.10 Å². The number of aryl methyl sites for hydroxylation is 1. The number of aromatic nitrogens is 3. The number of ether oxygens (including phenoxy) is 1. The number of hydrogen-bond donors (Lipinski definition) is 1. The van der Waals surface area contributed by atoms with Crippen molar-refractivity contribution in [2.75, 3.05) is 6.61 Å². The lowest BCUT2D eigenvalue weighted by Gasteiger charge is -2.22. The zero-order chi connectivity index (χ0) is 26.8. The third-order valence-electron chi connectivity index (χ3n) is 7.04. The molecule has 2 heterocycles. The predicted molar refractivity (Wildman–Crippen MR) is 151 cm³/mol. The number of carbonyl (C=O) groups is 1. The normalized spacial score (nSPS) is 14.4. The molecule has 0 saturated heterocycles.